The molecule has 0 aliphatic carbocycles. The van der Waals surface area contributed by atoms with Crippen LogP contribution in [0.25, 0.3) is 0 Å². The second kappa shape index (κ2) is 3.29. The highest BCUT2D eigenvalue weighted by atomic mass is 19.4. The first kappa shape index (κ1) is 10.1. The van der Waals surface area contributed by atoms with Crippen LogP contribution in [0.4, 0.5) is 12.9 Å². The normalized spacial score (nSPS) is 15.8. The largest absolute Gasteiger partial charge is 0.509 e. The van der Waals surface area contributed by atoms with E-state index in [9.17, 15) is 17.7 Å². The number of hydrogen-bond donors (Lipinski definition) is 0. The monoisotopic (exact) mass is 215 g/mol. The lowest BCUT2D eigenvalue weighted by molar-refractivity contribution is 0.0933. The van der Waals surface area contributed by atoms with Crippen molar-refractivity contribution in [2.45, 2.75) is 6.42 Å². The van der Waals surface area contributed by atoms with Crippen LogP contribution in [0, 0.1) is 0 Å². The number of halogens is 3. The zero-order chi connectivity index (χ0) is 11.1. The molecule has 1 aromatic carbocycles. The average Bonchev–Trinajstić information content (AvgIpc) is 2.16. The Balaban J connectivity index is 2.46. The topological polar surface area (TPSA) is 26.3 Å². The van der Waals surface area contributed by atoms with Crippen LogP contribution in [0.5, 0.6) is 5.75 Å². The first-order chi connectivity index (χ1) is 6.98. The third-order valence-corrected chi connectivity index (χ3v) is 2.27. The fourth-order valence-corrected chi connectivity index (χ4v) is 1.48. The number of ketones is 1. The van der Waals surface area contributed by atoms with Crippen LogP contribution in [-0.2, 0) is 0 Å². The Bertz CT molecular complexity index is 414. The molecule has 0 saturated heterocycles. The molecule has 0 aromatic heterocycles. The number of rotatable bonds is 1. The van der Waals surface area contributed by atoms with Crippen molar-refractivity contribution in [3.63, 3.8) is 0 Å². The van der Waals surface area contributed by atoms with Gasteiger partial charge in [0.25, 0.3) is 0 Å². The van der Waals surface area contributed by atoms with Crippen molar-refractivity contribution in [1.29, 1.82) is 0 Å². The molecule has 15 heavy (non-hydrogen) atoms. The second-order valence-electron chi connectivity index (χ2n) is 3.35. The fourth-order valence-electron chi connectivity index (χ4n) is 1.48. The fraction of sp³-hybridized carbons (Fsp3) is 0.222. The standard InChI is InChI=1S/C9H7BF3O2/c11-10(12,13)6-1-2-7-8(14)3-4-15-9(7)5-6/h1-2,5H,3-4H2/q-1. The number of hydrogen-bond acceptors (Lipinski definition) is 2. The third kappa shape index (κ3) is 1.84. The van der Waals surface area contributed by atoms with E-state index in [1.807, 2.05) is 0 Å². The van der Waals surface area contributed by atoms with Gasteiger partial charge in [-0.25, -0.2) is 0 Å². The first-order valence-electron chi connectivity index (χ1n) is 4.48. The number of carbonyl (C=O) groups is 1. The van der Waals surface area contributed by atoms with Crippen LogP contribution in [-0.4, -0.2) is 19.4 Å². The molecule has 1 aromatic rings. The molecular formula is C9H7BF3O2-. The highest BCUT2D eigenvalue weighted by Crippen LogP contribution is 2.24. The number of benzene rings is 1. The van der Waals surface area contributed by atoms with Gasteiger partial charge in [0.05, 0.1) is 12.2 Å². The Kier molecular flexibility index (Phi) is 2.21. The van der Waals surface area contributed by atoms with Crippen LogP contribution >= 0.6 is 0 Å². The Morgan fingerprint density at radius 2 is 2.00 bits per heavy atom. The predicted octanol–water partition coefficient (Wildman–Crippen LogP) is 1.71. The molecule has 2 nitrogen and oxygen atoms in total. The maximum absolute atomic E-state index is 12.4. The summed E-state index contributed by atoms with van der Waals surface area (Å²) in [5, 5.41) is 0. The highest BCUT2D eigenvalue weighted by Gasteiger charge is 2.28. The quantitative estimate of drug-likeness (QED) is 0.666. The average molecular weight is 215 g/mol. The van der Waals surface area contributed by atoms with Gasteiger partial charge < -0.3 is 17.7 Å². The lowest BCUT2D eigenvalue weighted by Crippen LogP contribution is -2.34. The van der Waals surface area contributed by atoms with Crippen LogP contribution in [0.15, 0.2) is 18.2 Å². The van der Waals surface area contributed by atoms with Gasteiger partial charge in [-0.05, 0) is 6.07 Å². The molecule has 6 heteroatoms. The molecule has 0 bridgehead atoms. The maximum Gasteiger partial charge on any atom is 0.509 e. The van der Waals surface area contributed by atoms with Crippen molar-refractivity contribution >= 4 is 18.2 Å². The molecule has 0 saturated carbocycles. The Morgan fingerprint density at radius 1 is 1.27 bits per heavy atom. The number of Topliss-reactive ketones (excluding diaryl/α,β-unsaturated/α-hetero) is 1. The van der Waals surface area contributed by atoms with Crippen molar-refractivity contribution in [2.75, 3.05) is 6.61 Å². The molecule has 2 rings (SSSR count). The summed E-state index contributed by atoms with van der Waals surface area (Å²) < 4.78 is 42.2. The molecule has 1 aliphatic heterocycles. The van der Waals surface area contributed by atoms with Crippen LogP contribution in [0.1, 0.15) is 16.8 Å². The SMILES string of the molecule is O=C1CCOc2cc([B-](F)(F)F)ccc21. The summed E-state index contributed by atoms with van der Waals surface area (Å²) in [4.78, 5) is 11.3. The van der Waals surface area contributed by atoms with Crippen LogP contribution < -0.4 is 10.2 Å². The van der Waals surface area contributed by atoms with Crippen molar-refractivity contribution in [1.82, 2.24) is 0 Å². The summed E-state index contributed by atoms with van der Waals surface area (Å²) >= 11 is 0. The summed E-state index contributed by atoms with van der Waals surface area (Å²) in [5.41, 5.74) is -0.492. The van der Waals surface area contributed by atoms with Crippen LogP contribution in [0.2, 0.25) is 0 Å². The van der Waals surface area contributed by atoms with Gasteiger partial charge in [0, 0.05) is 6.42 Å². The van der Waals surface area contributed by atoms with Gasteiger partial charge in [0.15, 0.2) is 5.78 Å². The highest BCUT2D eigenvalue weighted by molar-refractivity contribution is 6.73. The lowest BCUT2D eigenvalue weighted by atomic mass is 9.79. The van der Waals surface area contributed by atoms with E-state index in [1.165, 1.54) is 6.07 Å². The molecule has 80 valence electrons. The Hall–Kier alpha value is -1.46. The van der Waals surface area contributed by atoms with Gasteiger partial charge in [0.2, 0.25) is 0 Å². The molecule has 0 spiro atoms. The van der Waals surface area contributed by atoms with Gasteiger partial charge >= 0.3 is 6.98 Å². The summed E-state index contributed by atoms with van der Waals surface area (Å²) in [6.07, 6.45) is 0.226. The van der Waals surface area contributed by atoms with Crippen molar-refractivity contribution in [3.8, 4) is 5.75 Å². The van der Waals surface area contributed by atoms with Gasteiger partial charge in [-0.15, -0.1) is 5.46 Å². The molecule has 1 heterocycles. The molecule has 0 amide bonds. The molecule has 0 fully saturated rings. The van der Waals surface area contributed by atoms with E-state index in [0.29, 0.717) is 0 Å². The first-order valence-corrected chi connectivity index (χ1v) is 4.48. The summed E-state index contributed by atoms with van der Waals surface area (Å²) in [5.74, 6) is -0.125. The number of ether oxygens (including phenoxy) is 1. The van der Waals surface area contributed by atoms with E-state index < -0.39 is 12.4 Å². The molecular weight excluding hydrogens is 208 g/mol. The third-order valence-electron chi connectivity index (χ3n) is 2.27. The second-order valence-corrected chi connectivity index (χ2v) is 3.35. The minimum Gasteiger partial charge on any atom is -0.492 e. The number of carbonyl (C=O) groups excluding carboxylic acids is 1. The molecule has 0 unspecified atom stereocenters. The summed E-state index contributed by atoms with van der Waals surface area (Å²) in [6.45, 7) is -4.88. The predicted molar refractivity (Wildman–Crippen MR) is 49.6 cm³/mol. The van der Waals surface area contributed by atoms with E-state index in [2.05, 4.69) is 0 Å². The lowest BCUT2D eigenvalue weighted by Gasteiger charge is -2.20. The summed E-state index contributed by atoms with van der Waals surface area (Å²) in [7, 11) is 0. The van der Waals surface area contributed by atoms with Gasteiger partial charge in [-0.1, -0.05) is 12.1 Å². The zero-order valence-electron chi connectivity index (χ0n) is 7.67. The van der Waals surface area contributed by atoms with E-state index in [0.717, 1.165) is 12.1 Å². The van der Waals surface area contributed by atoms with Gasteiger partial charge in [-0.3, -0.25) is 4.79 Å². The van der Waals surface area contributed by atoms with E-state index in [1.54, 1.807) is 0 Å². The van der Waals surface area contributed by atoms with E-state index in [4.69, 9.17) is 4.74 Å². The van der Waals surface area contributed by atoms with E-state index in [-0.39, 0.29) is 30.1 Å². The zero-order valence-corrected chi connectivity index (χ0v) is 7.67. The maximum atomic E-state index is 12.4. The van der Waals surface area contributed by atoms with E-state index >= 15 is 0 Å². The molecule has 0 N–H and O–H groups in total. The van der Waals surface area contributed by atoms with Crippen molar-refractivity contribution < 1.29 is 22.5 Å². The molecule has 0 atom stereocenters. The molecule has 0 radical (unpaired) electrons. The minimum atomic E-state index is -5.03. The minimum absolute atomic E-state index is 0.0444. The summed E-state index contributed by atoms with van der Waals surface area (Å²) in [6, 6.07) is 3.00. The van der Waals surface area contributed by atoms with Crippen molar-refractivity contribution in [2.24, 2.45) is 0 Å². The van der Waals surface area contributed by atoms with Gasteiger partial charge in [-0.2, -0.15) is 0 Å². The number of fused-ring (bicyclic) bond motifs is 1. The Labute approximate surface area is 84.1 Å². The van der Waals surface area contributed by atoms with Crippen molar-refractivity contribution in [3.05, 3.63) is 23.8 Å². The smallest absolute Gasteiger partial charge is 0.492 e. The molecule has 1 aliphatic rings. The van der Waals surface area contributed by atoms with Crippen LogP contribution in [0.3, 0.4) is 0 Å². The Morgan fingerprint density at radius 3 is 2.67 bits per heavy atom. The van der Waals surface area contributed by atoms with Gasteiger partial charge in [0.1, 0.15) is 5.75 Å².